The Morgan fingerprint density at radius 1 is 0.706 bits per heavy atom. The quantitative estimate of drug-likeness (QED) is 0.160. The first-order valence-corrected chi connectivity index (χ1v) is 25.5. The molecule has 0 aliphatic heterocycles. The van der Waals surface area contributed by atoms with Crippen molar-refractivity contribution in [3.63, 3.8) is 0 Å². The summed E-state index contributed by atoms with van der Waals surface area (Å²) in [6.45, 7) is 23.4. The van der Waals surface area contributed by atoms with Gasteiger partial charge < -0.3 is 0 Å². The van der Waals surface area contributed by atoms with E-state index in [1.165, 1.54) is 52.0 Å². The molecule has 4 aromatic rings. The van der Waals surface area contributed by atoms with Gasteiger partial charge in [-0.2, -0.15) is 0 Å². The number of halogens is 4. The van der Waals surface area contributed by atoms with Crippen molar-refractivity contribution in [2.45, 2.75) is 99.3 Å². The first kappa shape index (κ1) is 42.0. The molecule has 2 aliphatic rings. The Kier molecular flexibility index (Phi) is 11.9. The van der Waals surface area contributed by atoms with E-state index in [0.29, 0.717) is 0 Å². The van der Waals surface area contributed by atoms with E-state index < -0.39 is 18.3 Å². The fourth-order valence-electron chi connectivity index (χ4n) is 8.81. The molecule has 51 heavy (non-hydrogen) atoms. The van der Waals surface area contributed by atoms with Crippen LogP contribution in [-0.4, -0.2) is 4.21 Å². The Balaban J connectivity index is 0.00000292. The van der Waals surface area contributed by atoms with Gasteiger partial charge in [0, 0.05) is 0 Å². The Bertz CT molecular complexity index is 2040. The number of rotatable bonds is 6. The van der Waals surface area contributed by atoms with Gasteiger partial charge in [-0.3, -0.25) is 0 Å². The Morgan fingerprint density at radius 3 is 1.76 bits per heavy atom. The second-order valence-corrected chi connectivity index (χ2v) is 31.4. The van der Waals surface area contributed by atoms with E-state index in [1.54, 1.807) is 0 Å². The fourth-order valence-corrected chi connectivity index (χ4v) is 27.3. The van der Waals surface area contributed by atoms with Gasteiger partial charge in [-0.15, -0.1) is 24.8 Å². The minimum atomic E-state index is -5.28. The molecule has 0 saturated heterocycles. The number of allylic oxidation sites excluding steroid dienone is 4. The Morgan fingerprint density at radius 2 is 1.27 bits per heavy atom. The van der Waals surface area contributed by atoms with Gasteiger partial charge >= 0.3 is 309 Å². The van der Waals surface area contributed by atoms with E-state index in [9.17, 15) is 0 Å². The SMILES string of the molecule is Cl.Cl.[CH2]=[Zr]([C]1=CC(C(C)(C)C)=CC1CCC)([c]1cccc(Cl)c1)([c]1cccc(Cl)c1)[c]1c(C(C)(C)C)ccc2c1Cc1cc(C(C)(C)C)ccc1-2. The molecule has 0 fully saturated rings. The Hall–Kier alpha value is -1.73. The van der Waals surface area contributed by atoms with Crippen LogP contribution in [0.1, 0.15) is 104 Å². The van der Waals surface area contributed by atoms with Gasteiger partial charge in [0.1, 0.15) is 0 Å². The standard InChI is InChI=1S/C21H25.C12H19.2C6H4Cl.CH2.2ClH.Zr/c1-20(2,3)16-7-9-18-14(12-16)11-15-13-17(21(4,5)6)8-10-19(15)18;1-5-6-10-7-8-11(9-10)12(2,3)4;2*7-6-4-2-1-3-5-6;;;;/h7-10,12H,11H2,1-6H3;8-10H,5-6H2,1-4H3;2*1-2,4-5H;1H2;2*1H;. The fraction of sp³-hybridized carbons (Fsp3) is 0.370. The zero-order chi connectivity index (χ0) is 35.8. The predicted molar refractivity (Wildman–Crippen MR) is 230 cm³/mol. The van der Waals surface area contributed by atoms with E-state index in [0.717, 1.165) is 29.3 Å². The maximum atomic E-state index is 7.05. The maximum absolute atomic E-state index is 7.05. The second-order valence-electron chi connectivity index (χ2n) is 17.9. The van der Waals surface area contributed by atoms with Crippen LogP contribution in [0.25, 0.3) is 11.1 Å². The van der Waals surface area contributed by atoms with Crippen LogP contribution in [-0.2, 0) is 35.5 Å². The van der Waals surface area contributed by atoms with Crippen LogP contribution >= 0.6 is 48.0 Å². The minimum absolute atomic E-state index is 0. The van der Waals surface area contributed by atoms with Gasteiger partial charge in [-0.25, -0.2) is 0 Å². The molecule has 0 nitrogen and oxygen atoms in total. The molecule has 0 bridgehead atoms. The predicted octanol–water partition coefficient (Wildman–Crippen LogP) is 12.7. The molecular formula is C46H56Cl4Zr. The van der Waals surface area contributed by atoms with Gasteiger partial charge in [-0.05, 0) is 0 Å². The first-order valence-electron chi connectivity index (χ1n) is 18.1. The molecule has 0 heterocycles. The summed E-state index contributed by atoms with van der Waals surface area (Å²) in [7, 11) is 0. The summed E-state index contributed by atoms with van der Waals surface area (Å²) < 4.78 is 11.4. The summed E-state index contributed by atoms with van der Waals surface area (Å²) >= 11 is 8.82. The average molecular weight is 842 g/mol. The summed E-state index contributed by atoms with van der Waals surface area (Å²) in [6.07, 6.45) is 8.22. The van der Waals surface area contributed by atoms with Crippen LogP contribution in [0.4, 0.5) is 0 Å². The molecular weight excluding hydrogens is 786 g/mol. The van der Waals surface area contributed by atoms with Gasteiger partial charge in [0.15, 0.2) is 0 Å². The third-order valence-electron chi connectivity index (χ3n) is 11.4. The van der Waals surface area contributed by atoms with Crippen molar-refractivity contribution < 1.29 is 18.3 Å². The molecule has 1 unspecified atom stereocenters. The van der Waals surface area contributed by atoms with Crippen LogP contribution in [0, 0.1) is 11.3 Å². The summed E-state index contributed by atoms with van der Waals surface area (Å²) in [5.74, 6) is 0.264. The molecule has 272 valence electrons. The summed E-state index contributed by atoms with van der Waals surface area (Å²) in [6, 6.07) is 29.5. The van der Waals surface area contributed by atoms with E-state index in [2.05, 4.69) is 148 Å². The van der Waals surface area contributed by atoms with Gasteiger partial charge in [0.25, 0.3) is 0 Å². The van der Waals surface area contributed by atoms with Crippen molar-refractivity contribution in [3.05, 3.63) is 132 Å². The van der Waals surface area contributed by atoms with Crippen molar-refractivity contribution in [2.24, 2.45) is 11.3 Å². The first-order chi connectivity index (χ1) is 22.8. The van der Waals surface area contributed by atoms with Crippen LogP contribution < -0.4 is 9.81 Å². The summed E-state index contributed by atoms with van der Waals surface area (Å²) in [5, 5.41) is 1.50. The number of fused-ring (bicyclic) bond motifs is 3. The van der Waals surface area contributed by atoms with E-state index in [4.69, 9.17) is 27.4 Å². The zero-order valence-electron chi connectivity index (χ0n) is 32.1. The molecule has 0 saturated carbocycles. The number of hydrogen-bond donors (Lipinski definition) is 0. The number of hydrogen-bond acceptors (Lipinski definition) is 0. The second kappa shape index (κ2) is 14.5. The normalized spacial score (nSPS) is 16.1. The Labute approximate surface area is 331 Å². The molecule has 0 radical (unpaired) electrons. The molecule has 4 aromatic carbocycles. The summed E-state index contributed by atoms with van der Waals surface area (Å²) in [4.78, 5) is 0. The van der Waals surface area contributed by atoms with Gasteiger partial charge in [-0.1, -0.05) is 0 Å². The molecule has 2 aliphatic carbocycles. The van der Waals surface area contributed by atoms with E-state index in [1.807, 2.05) is 12.1 Å². The number of benzene rings is 4. The molecule has 1 atom stereocenters. The van der Waals surface area contributed by atoms with E-state index >= 15 is 0 Å². The molecule has 6 rings (SSSR count). The van der Waals surface area contributed by atoms with Crippen LogP contribution in [0.3, 0.4) is 0 Å². The van der Waals surface area contributed by atoms with E-state index in [-0.39, 0.29) is 47.0 Å². The van der Waals surface area contributed by atoms with Crippen LogP contribution in [0.15, 0.2) is 99.9 Å². The van der Waals surface area contributed by atoms with Crippen molar-refractivity contribution in [3.8, 4) is 11.1 Å². The third kappa shape index (κ3) is 7.03. The van der Waals surface area contributed by atoms with Crippen molar-refractivity contribution >= 4 is 62.0 Å². The monoisotopic (exact) mass is 838 g/mol. The van der Waals surface area contributed by atoms with Crippen molar-refractivity contribution in [1.29, 1.82) is 0 Å². The molecule has 0 amide bonds. The molecule has 5 heteroatoms. The molecule has 0 aromatic heterocycles. The topological polar surface area (TPSA) is 0 Å². The molecule has 0 spiro atoms. The van der Waals surface area contributed by atoms with Crippen molar-refractivity contribution in [1.82, 2.24) is 0 Å². The zero-order valence-corrected chi connectivity index (χ0v) is 37.7. The average Bonchev–Trinajstić information content (AvgIpc) is 3.62. The third-order valence-corrected chi connectivity index (χ3v) is 28.2. The van der Waals surface area contributed by atoms with Crippen LogP contribution in [0.2, 0.25) is 10.0 Å². The molecule has 0 N–H and O–H groups in total. The van der Waals surface area contributed by atoms with Crippen LogP contribution in [0.5, 0.6) is 0 Å². The van der Waals surface area contributed by atoms with Gasteiger partial charge in [0.05, 0.1) is 0 Å². The van der Waals surface area contributed by atoms with Crippen molar-refractivity contribution in [2.75, 3.05) is 0 Å². The summed E-state index contributed by atoms with van der Waals surface area (Å²) in [5.41, 5.74) is 9.64. The van der Waals surface area contributed by atoms with Gasteiger partial charge in [0.2, 0.25) is 0 Å².